The molecule has 3 heterocycles. The van der Waals surface area contributed by atoms with Gasteiger partial charge in [-0.3, -0.25) is 10.3 Å². The quantitative estimate of drug-likeness (QED) is 0.427. The van der Waals surface area contributed by atoms with E-state index in [1.54, 1.807) is 29.0 Å². The van der Waals surface area contributed by atoms with Crippen molar-refractivity contribution in [1.29, 1.82) is 0 Å². The van der Waals surface area contributed by atoms with Gasteiger partial charge in [-0.1, -0.05) is 18.2 Å². The minimum Gasteiger partial charge on any atom is -0.394 e. The summed E-state index contributed by atoms with van der Waals surface area (Å²) in [4.78, 5) is 25.0. The summed E-state index contributed by atoms with van der Waals surface area (Å²) in [6.45, 7) is -0.295. The van der Waals surface area contributed by atoms with Crippen molar-refractivity contribution in [3.8, 4) is 23.5 Å². The molecule has 2 amide bonds. The number of rotatable bonds is 5. The van der Waals surface area contributed by atoms with Gasteiger partial charge in [0.15, 0.2) is 5.01 Å². The van der Waals surface area contributed by atoms with E-state index in [4.69, 9.17) is 6.42 Å². The lowest BCUT2D eigenvalue weighted by molar-refractivity contribution is 0.224. The largest absolute Gasteiger partial charge is 0.394 e. The summed E-state index contributed by atoms with van der Waals surface area (Å²) in [6.07, 6.45) is 7.00. The summed E-state index contributed by atoms with van der Waals surface area (Å²) in [5, 5.41) is 17.1. The molecule has 144 valence electrons. The maximum absolute atomic E-state index is 12.2. The first kappa shape index (κ1) is 19.0. The maximum atomic E-state index is 12.2. The molecule has 7 nitrogen and oxygen atoms in total. The van der Waals surface area contributed by atoms with Crippen molar-refractivity contribution in [1.82, 2.24) is 20.3 Å². The van der Waals surface area contributed by atoms with Crippen LogP contribution in [0.25, 0.3) is 21.3 Å². The molecule has 3 N–H and O–H groups in total. The van der Waals surface area contributed by atoms with Crippen LogP contribution in [0.4, 0.5) is 10.6 Å². The van der Waals surface area contributed by atoms with Crippen molar-refractivity contribution >= 4 is 44.7 Å². The van der Waals surface area contributed by atoms with Gasteiger partial charge in [0.05, 0.1) is 34.1 Å². The van der Waals surface area contributed by atoms with E-state index in [1.165, 1.54) is 11.3 Å². The van der Waals surface area contributed by atoms with Gasteiger partial charge in [0.1, 0.15) is 5.82 Å². The van der Waals surface area contributed by atoms with Crippen molar-refractivity contribution in [2.24, 2.45) is 0 Å². The first-order chi connectivity index (χ1) is 14.2. The lowest BCUT2D eigenvalue weighted by Gasteiger charge is -2.16. The molecule has 4 aromatic rings. The van der Waals surface area contributed by atoms with Crippen LogP contribution in [-0.2, 0) is 0 Å². The Labute approximate surface area is 174 Å². The van der Waals surface area contributed by atoms with Crippen molar-refractivity contribution in [3.05, 3.63) is 58.1 Å². The van der Waals surface area contributed by atoms with Crippen molar-refractivity contribution < 1.29 is 9.90 Å². The van der Waals surface area contributed by atoms with Gasteiger partial charge in [0.25, 0.3) is 0 Å². The summed E-state index contributed by atoms with van der Waals surface area (Å²) in [5.41, 5.74) is 5.29. The molecule has 0 aliphatic rings. The summed E-state index contributed by atoms with van der Waals surface area (Å²) in [7, 11) is 0. The highest BCUT2D eigenvalue weighted by Gasteiger charge is 2.16. The zero-order valence-electron chi connectivity index (χ0n) is 15.0. The maximum Gasteiger partial charge on any atom is 0.321 e. The fourth-order valence-electron chi connectivity index (χ4n) is 2.81. The highest BCUT2D eigenvalue weighted by molar-refractivity contribution is 7.17. The fourth-order valence-corrected chi connectivity index (χ4v) is 4.19. The standard InChI is InChI=1S/C20H15N5O2S2/c1-2-18-24-17(10-28-18)25-20(27)23-16(9-26)14-7-6-12(8-21-14)13-4-3-5-15-19(13)29-11-22-15/h1,3-8,10-11,16,26H,9H2,(H2,23,25,27)/t16-/m0/s1. The second kappa shape index (κ2) is 8.36. The predicted octanol–water partition coefficient (Wildman–Crippen LogP) is 3.65. The Morgan fingerprint density at radius 1 is 1.24 bits per heavy atom. The topological polar surface area (TPSA) is 100 Å². The van der Waals surface area contributed by atoms with Gasteiger partial charge in [-0.2, -0.15) is 0 Å². The predicted molar refractivity (Wildman–Crippen MR) is 115 cm³/mol. The summed E-state index contributed by atoms with van der Waals surface area (Å²) in [5.74, 6) is 2.77. The van der Waals surface area contributed by atoms with Crippen LogP contribution in [0.1, 0.15) is 16.7 Å². The van der Waals surface area contributed by atoms with E-state index < -0.39 is 12.1 Å². The monoisotopic (exact) mass is 421 g/mol. The summed E-state index contributed by atoms with van der Waals surface area (Å²) >= 11 is 2.83. The molecule has 1 aromatic carbocycles. The van der Waals surface area contributed by atoms with Gasteiger partial charge < -0.3 is 10.4 Å². The Morgan fingerprint density at radius 3 is 2.86 bits per heavy atom. The lowest BCUT2D eigenvalue weighted by atomic mass is 10.1. The highest BCUT2D eigenvalue weighted by atomic mass is 32.1. The van der Waals surface area contributed by atoms with Gasteiger partial charge in [0.2, 0.25) is 0 Å². The second-order valence-electron chi connectivity index (χ2n) is 5.99. The number of terminal acetylenes is 1. The molecule has 0 radical (unpaired) electrons. The van der Waals surface area contributed by atoms with E-state index in [0.717, 1.165) is 21.3 Å². The number of urea groups is 1. The van der Waals surface area contributed by atoms with Gasteiger partial charge >= 0.3 is 6.03 Å². The minimum atomic E-state index is -0.658. The molecular formula is C20H15N5O2S2. The molecule has 0 unspecified atom stereocenters. The summed E-state index contributed by atoms with van der Waals surface area (Å²) in [6, 6.07) is 8.49. The first-order valence-corrected chi connectivity index (χ1v) is 10.3. The molecule has 0 saturated heterocycles. The lowest BCUT2D eigenvalue weighted by Crippen LogP contribution is -2.34. The van der Waals surface area contributed by atoms with Crippen LogP contribution in [0.2, 0.25) is 0 Å². The van der Waals surface area contributed by atoms with Crippen molar-refractivity contribution in [2.75, 3.05) is 11.9 Å². The molecule has 0 fully saturated rings. The number of fused-ring (bicyclic) bond motifs is 1. The molecule has 29 heavy (non-hydrogen) atoms. The number of amides is 2. The zero-order valence-corrected chi connectivity index (χ0v) is 16.6. The number of pyridine rings is 1. The fraction of sp³-hybridized carbons (Fsp3) is 0.100. The normalized spacial score (nSPS) is 11.7. The third kappa shape index (κ3) is 4.09. The number of nitrogens with zero attached hydrogens (tertiary/aromatic N) is 3. The van der Waals surface area contributed by atoms with Crippen LogP contribution in [0, 0.1) is 12.3 Å². The Kier molecular flexibility index (Phi) is 5.48. The third-order valence-corrected chi connectivity index (χ3v) is 5.82. The van der Waals surface area contributed by atoms with Crippen LogP contribution in [-0.4, -0.2) is 32.7 Å². The molecule has 0 bridgehead atoms. The van der Waals surface area contributed by atoms with Crippen molar-refractivity contribution in [3.63, 3.8) is 0 Å². The first-order valence-electron chi connectivity index (χ1n) is 8.57. The smallest absolute Gasteiger partial charge is 0.321 e. The molecule has 4 rings (SSSR count). The molecule has 0 spiro atoms. The van der Waals surface area contributed by atoms with Crippen LogP contribution in [0.15, 0.2) is 47.4 Å². The number of hydrogen-bond donors (Lipinski definition) is 3. The highest BCUT2D eigenvalue weighted by Crippen LogP contribution is 2.31. The molecule has 3 aromatic heterocycles. The number of aromatic nitrogens is 3. The van der Waals surface area contributed by atoms with E-state index in [2.05, 4.69) is 31.5 Å². The van der Waals surface area contributed by atoms with E-state index in [9.17, 15) is 9.90 Å². The molecule has 1 atom stereocenters. The zero-order chi connectivity index (χ0) is 20.2. The van der Waals surface area contributed by atoms with Crippen LogP contribution in [0.3, 0.4) is 0 Å². The van der Waals surface area contributed by atoms with Gasteiger partial charge in [-0.05, 0) is 18.1 Å². The Bertz CT molecular complexity index is 1190. The number of anilines is 1. The number of aliphatic hydroxyl groups excluding tert-OH is 1. The Morgan fingerprint density at radius 2 is 2.14 bits per heavy atom. The minimum absolute atomic E-state index is 0.295. The van der Waals surface area contributed by atoms with E-state index in [-0.39, 0.29) is 6.61 Å². The average Bonchev–Trinajstić information content (AvgIpc) is 3.41. The van der Waals surface area contributed by atoms with E-state index >= 15 is 0 Å². The molecular weight excluding hydrogens is 406 g/mol. The second-order valence-corrected chi connectivity index (χ2v) is 7.71. The van der Waals surface area contributed by atoms with Gasteiger partial charge in [-0.25, -0.2) is 14.8 Å². The Balaban J connectivity index is 1.48. The van der Waals surface area contributed by atoms with Gasteiger partial charge in [-0.15, -0.1) is 29.1 Å². The van der Waals surface area contributed by atoms with Gasteiger partial charge in [0, 0.05) is 22.7 Å². The number of carbonyl (C=O) groups excluding carboxylic acids is 1. The number of thiazole rings is 2. The number of nitrogens with one attached hydrogen (secondary N) is 2. The molecule has 9 heteroatoms. The number of aliphatic hydroxyl groups is 1. The van der Waals surface area contributed by atoms with E-state index in [1.807, 2.05) is 29.8 Å². The van der Waals surface area contributed by atoms with Crippen LogP contribution >= 0.6 is 22.7 Å². The Hall–Kier alpha value is -3.32. The third-order valence-electron chi connectivity index (χ3n) is 4.17. The van der Waals surface area contributed by atoms with Crippen molar-refractivity contribution in [2.45, 2.75) is 6.04 Å². The van der Waals surface area contributed by atoms with E-state index in [0.29, 0.717) is 16.5 Å². The molecule has 0 aliphatic carbocycles. The number of carbonyl (C=O) groups is 1. The van der Waals surface area contributed by atoms with Crippen LogP contribution in [0.5, 0.6) is 0 Å². The average molecular weight is 422 g/mol. The van der Waals surface area contributed by atoms with Crippen LogP contribution < -0.4 is 10.6 Å². The number of hydrogen-bond acceptors (Lipinski definition) is 7. The summed E-state index contributed by atoms with van der Waals surface area (Å²) < 4.78 is 1.09. The SMILES string of the molecule is C#Cc1nc(NC(=O)N[C@@H](CO)c2ccc(-c3cccc4ncsc34)cn2)cs1. The number of benzene rings is 1. The molecule has 0 saturated carbocycles. The molecule has 0 aliphatic heterocycles.